The average molecular weight is 652 g/mol. The van der Waals surface area contributed by atoms with Crippen molar-refractivity contribution < 1.29 is 50.7 Å². The second kappa shape index (κ2) is 12.7. The molecule has 5 aromatic rings. The Morgan fingerprint density at radius 2 is 1.42 bits per heavy atom. The van der Waals surface area contributed by atoms with Crippen molar-refractivity contribution in [3.05, 3.63) is 126 Å². The number of hydrogen-bond acceptors (Lipinski definition) is 0. The van der Waals surface area contributed by atoms with Crippen LogP contribution in [0.25, 0.3) is 21.9 Å². The molecule has 0 radical (unpaired) electrons. The molecule has 0 saturated heterocycles. The Morgan fingerprint density at radius 1 is 0.758 bits per heavy atom. The van der Waals surface area contributed by atoms with Gasteiger partial charge in [0.05, 0.1) is 0 Å². The number of halogens is 2. The maximum absolute atomic E-state index is 3.30. The standard InChI is InChI=1S/C16H14P.C13H9.2ClH.Hf/c1-12-11-13-7-5-6-10-15(13)16(12)17-14-8-3-2-4-9-14;1-3-7-12-10(5-1)9-11-6-2-4-8-13(11)12;;;/h2-11,17H,1H3;1-5,7-8H,9H2;2*1H;/q2*-1;;;+4/p-2. The minimum absolute atomic E-state index is 0. The summed E-state index contributed by atoms with van der Waals surface area (Å²) in [5.41, 5.74) is 6.92. The van der Waals surface area contributed by atoms with Gasteiger partial charge in [0, 0.05) is 0 Å². The van der Waals surface area contributed by atoms with Gasteiger partial charge in [0.25, 0.3) is 0 Å². The molecule has 0 heterocycles. The van der Waals surface area contributed by atoms with Gasteiger partial charge in [-0.3, -0.25) is 0 Å². The van der Waals surface area contributed by atoms with Gasteiger partial charge in [-0.05, 0) is 11.7 Å². The molecule has 4 heteroatoms. The smallest absolute Gasteiger partial charge is 1.00 e. The van der Waals surface area contributed by atoms with Crippen LogP contribution in [0.15, 0.2) is 103 Å². The molecule has 0 spiro atoms. The van der Waals surface area contributed by atoms with E-state index in [0.29, 0.717) is 0 Å². The van der Waals surface area contributed by atoms with Crippen LogP contribution in [0.4, 0.5) is 0 Å². The van der Waals surface area contributed by atoms with Gasteiger partial charge in [0.15, 0.2) is 0 Å². The van der Waals surface area contributed by atoms with Crippen molar-refractivity contribution in [2.24, 2.45) is 0 Å². The molecule has 0 nitrogen and oxygen atoms in total. The van der Waals surface area contributed by atoms with Crippen LogP contribution in [-0.2, 0) is 32.3 Å². The van der Waals surface area contributed by atoms with Crippen molar-refractivity contribution in [3.63, 3.8) is 0 Å². The summed E-state index contributed by atoms with van der Waals surface area (Å²) in [6.45, 7) is 2.21. The van der Waals surface area contributed by atoms with Crippen molar-refractivity contribution in [2.45, 2.75) is 13.3 Å². The maximum atomic E-state index is 3.30. The van der Waals surface area contributed by atoms with E-state index in [1.54, 1.807) is 0 Å². The molecule has 0 amide bonds. The van der Waals surface area contributed by atoms with E-state index < -0.39 is 0 Å². The summed E-state index contributed by atoms with van der Waals surface area (Å²) in [6.07, 6.45) is 1.05. The van der Waals surface area contributed by atoms with Crippen molar-refractivity contribution >= 4 is 30.0 Å². The summed E-state index contributed by atoms with van der Waals surface area (Å²) in [6, 6.07) is 39.8. The Labute approximate surface area is 229 Å². The zero-order valence-electron chi connectivity index (χ0n) is 18.3. The number of hydrogen-bond donors (Lipinski definition) is 0. The zero-order chi connectivity index (χ0) is 20.3. The minimum atomic E-state index is 0. The molecule has 0 fully saturated rings. The van der Waals surface area contributed by atoms with E-state index in [-0.39, 0.29) is 50.7 Å². The first kappa shape index (κ1) is 27.6. The first-order valence-corrected chi connectivity index (χ1v) is 11.3. The Balaban J connectivity index is 0.000000220. The molecule has 1 aliphatic carbocycles. The molecule has 162 valence electrons. The van der Waals surface area contributed by atoms with E-state index in [1.807, 2.05) is 6.07 Å². The molecule has 1 aliphatic rings. The normalized spacial score (nSPS) is 10.8. The Hall–Kier alpha value is -1.63. The molecule has 0 aromatic heterocycles. The van der Waals surface area contributed by atoms with Gasteiger partial charge in [-0.15, -0.1) is 60.1 Å². The third kappa shape index (κ3) is 6.09. The van der Waals surface area contributed by atoms with Crippen LogP contribution >= 0.6 is 8.58 Å². The number of fused-ring (bicyclic) bond motifs is 4. The van der Waals surface area contributed by atoms with Crippen molar-refractivity contribution in [1.82, 2.24) is 0 Å². The topological polar surface area (TPSA) is 0 Å². The van der Waals surface area contributed by atoms with Gasteiger partial charge in [0.2, 0.25) is 0 Å². The molecular weight excluding hydrogens is 629 g/mol. The van der Waals surface area contributed by atoms with Gasteiger partial charge in [-0.25, -0.2) is 0 Å². The van der Waals surface area contributed by atoms with Crippen LogP contribution in [0.5, 0.6) is 0 Å². The van der Waals surface area contributed by atoms with Gasteiger partial charge in [-0.1, -0.05) is 78.7 Å². The molecule has 33 heavy (non-hydrogen) atoms. The van der Waals surface area contributed by atoms with E-state index in [9.17, 15) is 0 Å². The number of benzene rings is 4. The zero-order valence-corrected chi connectivity index (χ0v) is 24.4. The maximum Gasteiger partial charge on any atom is 4.00 e. The Bertz CT molecular complexity index is 1270. The van der Waals surface area contributed by atoms with Crippen LogP contribution in [0.1, 0.15) is 16.7 Å². The molecule has 6 rings (SSSR count). The van der Waals surface area contributed by atoms with Crippen LogP contribution in [-0.4, -0.2) is 0 Å². The molecule has 5 aromatic carbocycles. The fraction of sp³-hybridized carbons (Fsp3) is 0.0690. The summed E-state index contributed by atoms with van der Waals surface area (Å²) < 4.78 is 0. The quantitative estimate of drug-likeness (QED) is 0.146. The molecule has 0 aliphatic heterocycles. The summed E-state index contributed by atoms with van der Waals surface area (Å²) in [4.78, 5) is 0. The predicted octanol–water partition coefficient (Wildman–Crippen LogP) is 0.560. The summed E-state index contributed by atoms with van der Waals surface area (Å²) in [5.74, 6) is 0. The van der Waals surface area contributed by atoms with Crippen molar-refractivity contribution in [3.8, 4) is 11.1 Å². The van der Waals surface area contributed by atoms with E-state index >= 15 is 0 Å². The minimum Gasteiger partial charge on any atom is -1.00 e. The van der Waals surface area contributed by atoms with Gasteiger partial charge >= 0.3 is 25.8 Å². The fourth-order valence-electron chi connectivity index (χ4n) is 4.20. The van der Waals surface area contributed by atoms with Gasteiger partial charge < -0.3 is 24.8 Å². The Kier molecular flexibility index (Phi) is 10.6. The first-order valence-electron chi connectivity index (χ1n) is 10.3. The molecule has 0 bridgehead atoms. The van der Waals surface area contributed by atoms with Crippen molar-refractivity contribution in [1.29, 1.82) is 0 Å². The molecule has 0 N–H and O–H groups in total. The van der Waals surface area contributed by atoms with E-state index in [2.05, 4.69) is 110 Å². The van der Waals surface area contributed by atoms with E-state index in [4.69, 9.17) is 0 Å². The monoisotopic (exact) mass is 652 g/mol. The third-order valence-electron chi connectivity index (χ3n) is 5.66. The fourth-order valence-corrected chi connectivity index (χ4v) is 5.48. The van der Waals surface area contributed by atoms with Crippen LogP contribution in [0, 0.1) is 13.0 Å². The van der Waals surface area contributed by atoms with Crippen molar-refractivity contribution in [2.75, 3.05) is 0 Å². The predicted molar refractivity (Wildman–Crippen MR) is 132 cm³/mol. The van der Waals surface area contributed by atoms with E-state index in [1.165, 1.54) is 49.2 Å². The molecular formula is C29H23Cl2HfP. The second-order valence-electron chi connectivity index (χ2n) is 7.68. The van der Waals surface area contributed by atoms with Crippen LogP contribution in [0.3, 0.4) is 0 Å². The number of rotatable bonds is 2. The molecule has 1 atom stereocenters. The summed E-state index contributed by atoms with van der Waals surface area (Å²) >= 11 is 0. The third-order valence-corrected chi connectivity index (χ3v) is 7.19. The second-order valence-corrected chi connectivity index (χ2v) is 9.00. The van der Waals surface area contributed by atoms with Gasteiger partial charge in [-0.2, -0.15) is 29.8 Å². The SMILES string of the molecule is Cc1[cH-]c2ccccc2c1Pc1ccccc1.[Cl-].[Cl-].[Hf+4].[c-]1cccc2c1Cc1ccccc1-2. The van der Waals surface area contributed by atoms with Crippen LogP contribution < -0.4 is 35.4 Å². The molecule has 1 unspecified atom stereocenters. The average Bonchev–Trinajstić information content (AvgIpc) is 3.32. The van der Waals surface area contributed by atoms with E-state index in [0.717, 1.165) is 15.0 Å². The summed E-state index contributed by atoms with van der Waals surface area (Å²) in [5, 5.41) is 5.68. The van der Waals surface area contributed by atoms with Gasteiger partial charge in [0.1, 0.15) is 0 Å². The van der Waals surface area contributed by atoms with Crippen LogP contribution in [0.2, 0.25) is 0 Å². The Morgan fingerprint density at radius 3 is 2.24 bits per heavy atom. The summed E-state index contributed by atoms with van der Waals surface area (Å²) in [7, 11) is 0.754. The molecule has 0 saturated carbocycles. The first-order chi connectivity index (χ1) is 14.8. The largest absolute Gasteiger partial charge is 4.00 e. The number of aryl methyl sites for hydroxylation is 1.